The van der Waals surface area contributed by atoms with E-state index in [-0.39, 0.29) is 17.7 Å². The zero-order valence-corrected chi connectivity index (χ0v) is 20.9. The Balaban J connectivity index is 1.43. The molecule has 0 amide bonds. The predicted octanol–water partition coefficient (Wildman–Crippen LogP) is 4.29. The molecule has 5 aliphatic rings. The zero-order chi connectivity index (χ0) is 27.4. The monoisotopic (exact) mass is 532 g/mol. The molecule has 0 radical (unpaired) electrons. The molecule has 0 aromatic heterocycles. The Morgan fingerprint density at radius 2 is 1.76 bits per heavy atom. The Morgan fingerprint density at radius 1 is 1.08 bits per heavy atom. The van der Waals surface area contributed by atoms with Gasteiger partial charge in [-0.25, -0.2) is 4.79 Å². The fourth-order valence-corrected chi connectivity index (χ4v) is 8.26. The van der Waals surface area contributed by atoms with Crippen LogP contribution < -0.4 is 0 Å². The molecule has 1 aromatic carbocycles. The summed E-state index contributed by atoms with van der Waals surface area (Å²) in [6.45, 7) is 7.85. The molecule has 2 spiro atoms. The van der Waals surface area contributed by atoms with Crippen LogP contribution >= 0.6 is 0 Å². The van der Waals surface area contributed by atoms with E-state index in [1.807, 2.05) is 13.8 Å². The summed E-state index contributed by atoms with van der Waals surface area (Å²) in [5, 5.41) is 0. The number of cyclic esters (lactones) is 1. The lowest BCUT2D eigenvalue weighted by Crippen LogP contribution is -2.71. The second-order valence-electron chi connectivity index (χ2n) is 11.9. The van der Waals surface area contributed by atoms with E-state index in [2.05, 4.69) is 6.58 Å². The second-order valence-corrected chi connectivity index (χ2v) is 11.9. The van der Waals surface area contributed by atoms with Crippen LogP contribution in [0.4, 0.5) is 13.2 Å². The highest BCUT2D eigenvalue weighted by molar-refractivity contribution is 6.16. The van der Waals surface area contributed by atoms with Gasteiger partial charge in [-0.1, -0.05) is 20.4 Å². The molecule has 10 heteroatoms. The maximum Gasteiger partial charge on any atom is 0.416 e. The summed E-state index contributed by atoms with van der Waals surface area (Å²) < 4.78 is 56.4. The summed E-state index contributed by atoms with van der Waals surface area (Å²) >= 11 is 0. The SMILES string of the molecule is C=C1C(=O)[C@@]23C(=O)O[C@H]4CCC(C)(C)[C@H]5C(=O)OC[C@@]45[C@@H]2CC[C@@H]1[C@H]3OC(=O)c1ccc(C(F)(F)F)cc1. The Morgan fingerprint density at radius 3 is 2.42 bits per heavy atom. The summed E-state index contributed by atoms with van der Waals surface area (Å²) in [5.74, 6) is -4.66. The van der Waals surface area contributed by atoms with E-state index in [9.17, 15) is 32.3 Å². The first-order chi connectivity index (χ1) is 17.8. The molecule has 5 fully saturated rings. The van der Waals surface area contributed by atoms with Gasteiger partial charge in [0.15, 0.2) is 11.2 Å². The van der Waals surface area contributed by atoms with Crippen LogP contribution in [0, 0.1) is 34.0 Å². The van der Waals surface area contributed by atoms with Crippen LogP contribution in [0.25, 0.3) is 0 Å². The quantitative estimate of drug-likeness (QED) is 0.243. The summed E-state index contributed by atoms with van der Waals surface area (Å²) in [4.78, 5) is 54.0. The average Bonchev–Trinajstić information content (AvgIpc) is 3.27. The summed E-state index contributed by atoms with van der Waals surface area (Å²) in [7, 11) is 0. The molecular formula is C28H27F3O7. The number of alkyl halides is 3. The van der Waals surface area contributed by atoms with Gasteiger partial charge in [0.2, 0.25) is 0 Å². The number of benzene rings is 1. The van der Waals surface area contributed by atoms with Crippen molar-refractivity contribution >= 4 is 23.7 Å². The third kappa shape index (κ3) is 2.97. The predicted molar refractivity (Wildman–Crippen MR) is 123 cm³/mol. The van der Waals surface area contributed by atoms with Gasteiger partial charge in [-0.15, -0.1) is 0 Å². The summed E-state index contributed by atoms with van der Waals surface area (Å²) in [6.07, 6.45) is -4.51. The fourth-order valence-electron chi connectivity index (χ4n) is 8.26. The minimum atomic E-state index is -4.58. The Kier molecular flexibility index (Phi) is 5.09. The lowest BCUT2D eigenvalue weighted by Gasteiger charge is -2.61. The standard InChI is InChI=1S/C28H27F3O7/c1-13-16-8-9-17-26-12-36-23(34)19(26)25(2,3)11-10-18(26)37-24(35)27(17,20(13)32)21(16)38-22(33)14-4-6-15(7-5-14)28(29,30)31/h4-7,16-19,21H,1,8-12H2,2-3H3/t16-,17-,18-,19+,21+,26+,27-/m0/s1. The number of Topliss-reactive ketones (excluding diaryl/α,β-unsaturated/α-hetero) is 1. The molecule has 2 bridgehead atoms. The zero-order valence-electron chi connectivity index (χ0n) is 20.9. The van der Waals surface area contributed by atoms with E-state index in [0.717, 1.165) is 24.3 Å². The molecule has 2 aliphatic heterocycles. The third-order valence-electron chi connectivity index (χ3n) is 9.83. The van der Waals surface area contributed by atoms with Crippen molar-refractivity contribution in [1.29, 1.82) is 0 Å². The van der Waals surface area contributed by atoms with E-state index in [0.29, 0.717) is 25.7 Å². The van der Waals surface area contributed by atoms with Gasteiger partial charge in [0.1, 0.15) is 18.8 Å². The van der Waals surface area contributed by atoms with Crippen molar-refractivity contribution in [1.82, 2.24) is 0 Å². The first-order valence-corrected chi connectivity index (χ1v) is 12.8. The number of halogens is 3. The van der Waals surface area contributed by atoms with Crippen LogP contribution in [0.15, 0.2) is 36.4 Å². The van der Waals surface area contributed by atoms with E-state index < -0.39 is 81.6 Å². The normalized spacial score (nSPS) is 39.0. The Bertz CT molecular complexity index is 1280. The molecule has 2 heterocycles. The summed E-state index contributed by atoms with van der Waals surface area (Å²) in [5.41, 5.74) is -4.25. The number of rotatable bonds is 2. The summed E-state index contributed by atoms with van der Waals surface area (Å²) in [6, 6.07) is 3.54. The highest BCUT2D eigenvalue weighted by Gasteiger charge is 2.81. The van der Waals surface area contributed by atoms with E-state index in [1.165, 1.54) is 0 Å². The van der Waals surface area contributed by atoms with Crippen LogP contribution in [-0.4, -0.2) is 42.5 Å². The first-order valence-electron chi connectivity index (χ1n) is 12.8. The van der Waals surface area contributed by atoms with Crippen LogP contribution in [0.3, 0.4) is 0 Å². The van der Waals surface area contributed by atoms with Crippen molar-refractivity contribution in [2.45, 2.75) is 57.9 Å². The maximum atomic E-state index is 13.9. The first kappa shape index (κ1) is 25.1. The van der Waals surface area contributed by atoms with Crippen LogP contribution in [0.1, 0.15) is 55.5 Å². The van der Waals surface area contributed by atoms with Gasteiger partial charge < -0.3 is 14.2 Å². The lowest BCUT2D eigenvalue weighted by molar-refractivity contribution is -0.244. The van der Waals surface area contributed by atoms with Gasteiger partial charge in [0.25, 0.3) is 0 Å². The Labute approximate surface area is 216 Å². The lowest BCUT2D eigenvalue weighted by atomic mass is 9.43. The number of esters is 3. The molecule has 1 aromatic rings. The smallest absolute Gasteiger partial charge is 0.416 e. The molecule has 2 saturated heterocycles. The molecule has 3 saturated carbocycles. The van der Waals surface area contributed by atoms with Crippen LogP contribution in [0.2, 0.25) is 0 Å². The van der Waals surface area contributed by atoms with Crippen molar-refractivity contribution in [2.75, 3.05) is 6.61 Å². The number of hydrogen-bond acceptors (Lipinski definition) is 7. The van der Waals surface area contributed by atoms with Crippen molar-refractivity contribution in [2.24, 2.45) is 34.0 Å². The van der Waals surface area contributed by atoms with Gasteiger partial charge in [-0.2, -0.15) is 13.2 Å². The number of ether oxygens (including phenoxy) is 3. The maximum absolute atomic E-state index is 13.9. The second kappa shape index (κ2) is 7.70. The Hall–Kier alpha value is -3.17. The molecule has 6 rings (SSSR count). The van der Waals surface area contributed by atoms with Crippen LogP contribution in [0.5, 0.6) is 0 Å². The minimum absolute atomic E-state index is 0.00567. The van der Waals surface area contributed by atoms with Gasteiger partial charge in [-0.05, 0) is 66.9 Å². The molecular weight excluding hydrogens is 505 g/mol. The largest absolute Gasteiger partial charge is 0.465 e. The van der Waals surface area contributed by atoms with Gasteiger partial charge in [-0.3, -0.25) is 14.4 Å². The molecule has 202 valence electrons. The van der Waals surface area contributed by atoms with Gasteiger partial charge >= 0.3 is 24.1 Å². The highest BCUT2D eigenvalue weighted by atomic mass is 19.4. The van der Waals surface area contributed by atoms with E-state index in [4.69, 9.17) is 14.2 Å². The number of hydrogen-bond donors (Lipinski definition) is 0. The molecule has 0 unspecified atom stereocenters. The number of carbonyl (C=O) groups excluding carboxylic acids is 4. The number of ketones is 1. The molecule has 0 N–H and O–H groups in total. The fraction of sp³-hybridized carbons (Fsp3) is 0.571. The number of carbonyl (C=O) groups is 4. The van der Waals surface area contributed by atoms with Crippen molar-refractivity contribution in [3.63, 3.8) is 0 Å². The minimum Gasteiger partial charge on any atom is -0.465 e. The van der Waals surface area contributed by atoms with E-state index in [1.54, 1.807) is 0 Å². The van der Waals surface area contributed by atoms with E-state index >= 15 is 0 Å². The average molecular weight is 533 g/mol. The van der Waals surface area contributed by atoms with Crippen molar-refractivity contribution < 1.29 is 46.6 Å². The topological polar surface area (TPSA) is 96.0 Å². The van der Waals surface area contributed by atoms with Crippen molar-refractivity contribution in [3.8, 4) is 0 Å². The number of fused-ring (bicyclic) bond motifs is 1. The molecule has 3 aliphatic carbocycles. The third-order valence-corrected chi connectivity index (χ3v) is 9.83. The molecule has 7 nitrogen and oxygen atoms in total. The highest BCUT2D eigenvalue weighted by Crippen LogP contribution is 2.71. The van der Waals surface area contributed by atoms with Gasteiger partial charge in [0.05, 0.1) is 22.5 Å². The van der Waals surface area contributed by atoms with Gasteiger partial charge in [0, 0.05) is 5.92 Å². The van der Waals surface area contributed by atoms with Crippen molar-refractivity contribution in [3.05, 3.63) is 47.5 Å². The van der Waals surface area contributed by atoms with Crippen LogP contribution in [-0.2, 0) is 34.8 Å². The molecule has 7 atom stereocenters. The molecule has 38 heavy (non-hydrogen) atoms.